The fraction of sp³-hybridized carbons (Fsp3) is 0.111. The Bertz CT molecular complexity index is 553. The summed E-state index contributed by atoms with van der Waals surface area (Å²) in [6.45, 7) is 0. The number of halogens is 3. The average molecular weight is 262 g/mol. The van der Waals surface area contributed by atoms with E-state index in [0.29, 0.717) is 21.8 Å². The van der Waals surface area contributed by atoms with E-state index in [2.05, 4.69) is 15.0 Å². The summed E-state index contributed by atoms with van der Waals surface area (Å²) < 4.78 is 40.2. The number of carbonyl (C=O) groups is 1. The number of hydrogen-bond acceptors (Lipinski definition) is 4. The molecule has 2 rings (SSSR count). The van der Waals surface area contributed by atoms with Crippen molar-refractivity contribution in [3.8, 4) is 5.75 Å². The van der Waals surface area contributed by atoms with Crippen LogP contribution < -0.4 is 10.1 Å². The number of amides is 1. The summed E-state index contributed by atoms with van der Waals surface area (Å²) in [6, 6.07) is 3.78. The standard InChI is InChI=1S/C9H5F3N2O2S/c10-9(11,12)16-5-1-2-6-7(3-5)17-8(14-6)13-4-15/h1-4H,(H,13,14,15). The number of hydrogen-bond donors (Lipinski definition) is 1. The second-order valence-corrected chi connectivity index (χ2v) is 3.99. The Hall–Kier alpha value is -1.83. The number of nitrogens with zero attached hydrogens (tertiary/aromatic N) is 1. The molecule has 4 nitrogen and oxygen atoms in total. The smallest absolute Gasteiger partial charge is 0.406 e. The molecule has 0 fully saturated rings. The third kappa shape index (κ3) is 2.84. The third-order valence-corrected chi connectivity index (χ3v) is 2.73. The van der Waals surface area contributed by atoms with Crippen LogP contribution in [-0.2, 0) is 4.79 Å². The first-order valence-corrected chi connectivity index (χ1v) is 5.16. The van der Waals surface area contributed by atoms with Crippen molar-refractivity contribution in [1.82, 2.24) is 4.98 Å². The molecule has 1 aromatic heterocycles. The van der Waals surface area contributed by atoms with Gasteiger partial charge in [0.1, 0.15) is 5.75 Å². The molecule has 17 heavy (non-hydrogen) atoms. The number of benzene rings is 1. The van der Waals surface area contributed by atoms with Gasteiger partial charge in [-0.25, -0.2) is 4.98 Å². The number of alkyl halides is 3. The normalized spacial score (nSPS) is 11.5. The van der Waals surface area contributed by atoms with E-state index in [1.165, 1.54) is 18.2 Å². The Morgan fingerprint density at radius 2 is 2.18 bits per heavy atom. The Kier molecular flexibility index (Phi) is 2.88. The van der Waals surface area contributed by atoms with Gasteiger partial charge in [0.2, 0.25) is 6.41 Å². The van der Waals surface area contributed by atoms with Crippen LogP contribution in [0.4, 0.5) is 18.3 Å². The number of anilines is 1. The zero-order valence-electron chi connectivity index (χ0n) is 8.12. The molecule has 8 heteroatoms. The molecular formula is C9H5F3N2O2S. The van der Waals surface area contributed by atoms with Gasteiger partial charge in [-0.05, 0) is 12.1 Å². The molecule has 0 spiro atoms. The highest BCUT2D eigenvalue weighted by atomic mass is 32.1. The van der Waals surface area contributed by atoms with Gasteiger partial charge in [-0.2, -0.15) is 0 Å². The molecule has 0 aliphatic rings. The van der Waals surface area contributed by atoms with Crippen LogP contribution in [-0.4, -0.2) is 17.8 Å². The van der Waals surface area contributed by atoms with E-state index < -0.39 is 6.36 Å². The first-order chi connectivity index (χ1) is 7.98. The van der Waals surface area contributed by atoms with Gasteiger partial charge >= 0.3 is 6.36 Å². The third-order valence-electron chi connectivity index (χ3n) is 1.78. The lowest BCUT2D eigenvalue weighted by Gasteiger charge is -2.07. The van der Waals surface area contributed by atoms with Gasteiger partial charge in [-0.3, -0.25) is 4.79 Å². The van der Waals surface area contributed by atoms with Gasteiger partial charge in [0, 0.05) is 6.07 Å². The monoisotopic (exact) mass is 262 g/mol. The van der Waals surface area contributed by atoms with E-state index in [9.17, 15) is 18.0 Å². The van der Waals surface area contributed by atoms with Gasteiger partial charge in [-0.15, -0.1) is 13.2 Å². The molecule has 1 amide bonds. The van der Waals surface area contributed by atoms with Crippen LogP contribution in [0.25, 0.3) is 10.2 Å². The Labute approximate surface area is 97.0 Å². The van der Waals surface area contributed by atoms with Crippen molar-refractivity contribution >= 4 is 33.1 Å². The Balaban J connectivity index is 2.33. The predicted molar refractivity (Wildman–Crippen MR) is 56.0 cm³/mol. The molecular weight excluding hydrogens is 257 g/mol. The molecule has 1 aromatic carbocycles. The predicted octanol–water partition coefficient (Wildman–Crippen LogP) is 2.76. The molecule has 0 aliphatic carbocycles. The molecule has 0 aliphatic heterocycles. The Morgan fingerprint density at radius 3 is 2.82 bits per heavy atom. The van der Waals surface area contributed by atoms with E-state index >= 15 is 0 Å². The summed E-state index contributed by atoms with van der Waals surface area (Å²) in [7, 11) is 0. The summed E-state index contributed by atoms with van der Waals surface area (Å²) in [5.74, 6) is -0.314. The van der Waals surface area contributed by atoms with E-state index in [0.717, 1.165) is 11.3 Å². The SMILES string of the molecule is O=CNc1nc2ccc(OC(F)(F)F)cc2s1. The van der Waals surface area contributed by atoms with Gasteiger partial charge < -0.3 is 10.1 Å². The van der Waals surface area contributed by atoms with E-state index in [1.807, 2.05) is 0 Å². The first kappa shape index (κ1) is 11.6. The molecule has 0 saturated carbocycles. The lowest BCUT2D eigenvalue weighted by molar-refractivity contribution is -0.274. The van der Waals surface area contributed by atoms with Gasteiger partial charge in [0.05, 0.1) is 10.2 Å². The quantitative estimate of drug-likeness (QED) is 0.865. The minimum atomic E-state index is -4.72. The molecule has 0 unspecified atom stereocenters. The van der Waals surface area contributed by atoms with Crippen molar-refractivity contribution in [3.63, 3.8) is 0 Å². The number of nitrogens with one attached hydrogen (secondary N) is 1. The van der Waals surface area contributed by atoms with Crippen molar-refractivity contribution in [3.05, 3.63) is 18.2 Å². The van der Waals surface area contributed by atoms with Crippen molar-refractivity contribution in [2.75, 3.05) is 5.32 Å². The van der Waals surface area contributed by atoms with Crippen molar-refractivity contribution in [2.24, 2.45) is 0 Å². The van der Waals surface area contributed by atoms with E-state index in [1.54, 1.807) is 0 Å². The average Bonchev–Trinajstić information content (AvgIpc) is 2.57. The number of thiazole rings is 1. The van der Waals surface area contributed by atoms with Crippen LogP contribution in [0.15, 0.2) is 18.2 Å². The maximum atomic E-state index is 12.0. The highest BCUT2D eigenvalue weighted by Gasteiger charge is 2.31. The van der Waals surface area contributed by atoms with Crippen molar-refractivity contribution in [2.45, 2.75) is 6.36 Å². The lowest BCUT2D eigenvalue weighted by atomic mass is 10.3. The largest absolute Gasteiger partial charge is 0.573 e. The highest BCUT2D eigenvalue weighted by molar-refractivity contribution is 7.22. The van der Waals surface area contributed by atoms with E-state index in [4.69, 9.17) is 0 Å². The molecule has 0 atom stereocenters. The molecule has 0 radical (unpaired) electrons. The zero-order valence-corrected chi connectivity index (χ0v) is 8.93. The summed E-state index contributed by atoms with van der Waals surface area (Å²) in [5.41, 5.74) is 0.494. The number of fused-ring (bicyclic) bond motifs is 1. The maximum Gasteiger partial charge on any atom is 0.573 e. The topological polar surface area (TPSA) is 51.2 Å². The summed E-state index contributed by atoms with van der Waals surface area (Å²) in [4.78, 5) is 14.2. The van der Waals surface area contributed by atoms with Crippen LogP contribution in [0.5, 0.6) is 5.75 Å². The van der Waals surface area contributed by atoms with Gasteiger partial charge in [-0.1, -0.05) is 11.3 Å². The van der Waals surface area contributed by atoms with Gasteiger partial charge in [0.15, 0.2) is 5.13 Å². The second kappa shape index (κ2) is 4.21. The van der Waals surface area contributed by atoms with Crippen molar-refractivity contribution in [1.29, 1.82) is 0 Å². The molecule has 0 bridgehead atoms. The fourth-order valence-corrected chi connectivity index (χ4v) is 2.07. The zero-order chi connectivity index (χ0) is 12.5. The van der Waals surface area contributed by atoms with Crippen LogP contribution in [0.2, 0.25) is 0 Å². The fourth-order valence-electron chi connectivity index (χ4n) is 1.21. The summed E-state index contributed by atoms with van der Waals surface area (Å²) in [5, 5.41) is 2.65. The van der Waals surface area contributed by atoms with E-state index in [-0.39, 0.29) is 5.75 Å². The maximum absolute atomic E-state index is 12.0. The minimum Gasteiger partial charge on any atom is -0.406 e. The summed E-state index contributed by atoms with van der Waals surface area (Å²) in [6.07, 6.45) is -4.27. The highest BCUT2D eigenvalue weighted by Crippen LogP contribution is 2.31. The Morgan fingerprint density at radius 1 is 1.41 bits per heavy atom. The number of ether oxygens (including phenoxy) is 1. The molecule has 90 valence electrons. The van der Waals surface area contributed by atoms with Crippen LogP contribution in [0, 0.1) is 0 Å². The number of carbonyl (C=O) groups excluding carboxylic acids is 1. The molecule has 0 saturated heterocycles. The molecule has 2 aromatic rings. The second-order valence-electron chi connectivity index (χ2n) is 2.96. The molecule has 1 N–H and O–H groups in total. The van der Waals surface area contributed by atoms with Crippen molar-refractivity contribution < 1.29 is 22.7 Å². The van der Waals surface area contributed by atoms with Crippen LogP contribution >= 0.6 is 11.3 Å². The molecule has 1 heterocycles. The number of rotatable bonds is 3. The van der Waals surface area contributed by atoms with Crippen LogP contribution in [0.1, 0.15) is 0 Å². The number of aromatic nitrogens is 1. The van der Waals surface area contributed by atoms with Crippen LogP contribution in [0.3, 0.4) is 0 Å². The summed E-state index contributed by atoms with van der Waals surface area (Å²) >= 11 is 1.06. The minimum absolute atomic E-state index is 0.314. The van der Waals surface area contributed by atoms with Gasteiger partial charge in [0.25, 0.3) is 0 Å². The lowest BCUT2D eigenvalue weighted by Crippen LogP contribution is -2.16. The first-order valence-electron chi connectivity index (χ1n) is 4.34.